The van der Waals surface area contributed by atoms with Crippen LogP contribution in [-0.2, 0) is 18.8 Å². The van der Waals surface area contributed by atoms with Gasteiger partial charge in [0, 0.05) is 17.5 Å². The van der Waals surface area contributed by atoms with Gasteiger partial charge in [-0.15, -0.1) is 0 Å². The number of hydrogen-bond acceptors (Lipinski definition) is 5. The fourth-order valence-corrected chi connectivity index (χ4v) is 3.34. The number of amides is 3. The van der Waals surface area contributed by atoms with Gasteiger partial charge < -0.3 is 14.2 Å². The summed E-state index contributed by atoms with van der Waals surface area (Å²) in [6.07, 6.45) is -0.541. The van der Waals surface area contributed by atoms with Gasteiger partial charge in [0.05, 0.1) is 5.92 Å². The molecule has 1 aliphatic heterocycles. The fourth-order valence-electron chi connectivity index (χ4n) is 2.29. The van der Waals surface area contributed by atoms with E-state index >= 15 is 0 Å². The molecule has 1 saturated heterocycles. The van der Waals surface area contributed by atoms with Gasteiger partial charge >= 0.3 is 14.9 Å². The van der Waals surface area contributed by atoms with E-state index in [2.05, 4.69) is 4.98 Å². The predicted molar refractivity (Wildman–Crippen MR) is 89.6 cm³/mol. The zero-order valence-corrected chi connectivity index (χ0v) is 16.6. The van der Waals surface area contributed by atoms with Crippen LogP contribution < -0.4 is 4.98 Å². The maximum atomic E-state index is 12.6. The summed E-state index contributed by atoms with van der Waals surface area (Å²) in [5, 5.41) is -0.405. The molecule has 0 bridgehead atoms. The second-order valence-corrected chi connectivity index (χ2v) is 10.7. The minimum Gasteiger partial charge on any atom is -0.443 e. The second kappa shape index (κ2) is 7.12. The lowest BCUT2D eigenvalue weighted by molar-refractivity contribution is -0.150. The summed E-state index contributed by atoms with van der Waals surface area (Å²) < 4.78 is 17.4. The van der Waals surface area contributed by atoms with E-state index in [1.165, 1.54) is 0 Å². The molecule has 0 aromatic carbocycles. The van der Waals surface area contributed by atoms with Crippen molar-refractivity contribution in [3.63, 3.8) is 0 Å². The summed E-state index contributed by atoms with van der Waals surface area (Å²) in [7, 11) is -2.13. The number of piperidine rings is 1. The second-order valence-electron chi connectivity index (χ2n) is 8.21. The molecule has 1 N–H and O–H groups in total. The summed E-state index contributed by atoms with van der Waals surface area (Å²) in [5.41, 5.74) is -0.800. The first-order valence-corrected chi connectivity index (χ1v) is 9.55. The van der Waals surface area contributed by atoms with Crippen LogP contribution >= 0.6 is 0 Å². The molecule has 8 heteroatoms. The number of rotatable bonds is 3. The van der Waals surface area contributed by atoms with Crippen LogP contribution in [0.5, 0.6) is 0 Å². The minimum absolute atomic E-state index is 0.0815. The molecule has 1 fully saturated rings. The van der Waals surface area contributed by atoms with Gasteiger partial charge in [-0.2, -0.15) is 4.90 Å². The summed E-state index contributed by atoms with van der Waals surface area (Å²) in [5.74, 6) is -1.74. The van der Waals surface area contributed by atoms with Gasteiger partial charge in [0.1, 0.15) is 5.60 Å². The van der Waals surface area contributed by atoms with E-state index < -0.39 is 49.4 Å². The summed E-state index contributed by atoms with van der Waals surface area (Å²) in [6.45, 7) is 12.3. The largest absolute Gasteiger partial charge is 0.443 e. The lowest BCUT2D eigenvalue weighted by atomic mass is 9.91. The Morgan fingerprint density at radius 2 is 1.79 bits per heavy atom. The van der Waals surface area contributed by atoms with E-state index in [4.69, 9.17) is 4.74 Å². The van der Waals surface area contributed by atoms with Crippen LogP contribution in [0.15, 0.2) is 0 Å². The number of imide groups is 3. The molecule has 24 heavy (non-hydrogen) atoms. The molecule has 1 heterocycles. The third-order valence-corrected chi connectivity index (χ3v) is 5.76. The third kappa shape index (κ3) is 5.22. The first-order chi connectivity index (χ1) is 10.7. The van der Waals surface area contributed by atoms with Crippen LogP contribution in [-0.4, -0.2) is 43.3 Å². The van der Waals surface area contributed by atoms with Crippen molar-refractivity contribution in [2.75, 3.05) is 0 Å². The van der Waals surface area contributed by atoms with Crippen molar-refractivity contribution in [2.24, 2.45) is 5.92 Å². The molecule has 136 valence electrons. The van der Waals surface area contributed by atoms with Crippen LogP contribution in [0.25, 0.3) is 0 Å². The highest BCUT2D eigenvalue weighted by molar-refractivity contribution is 6.43. The number of hydrogen-bond donors (Lipinski definition) is 1. The molecular weight excluding hydrogens is 328 g/mol. The smallest absolute Gasteiger partial charge is 0.424 e. The van der Waals surface area contributed by atoms with Crippen LogP contribution in [0.2, 0.25) is 5.04 Å². The highest BCUT2D eigenvalue weighted by Gasteiger charge is 2.43. The Bertz CT molecular complexity index is 548. The molecule has 1 aliphatic rings. The average molecular weight is 356 g/mol. The van der Waals surface area contributed by atoms with E-state index in [0.717, 1.165) is 0 Å². The van der Waals surface area contributed by atoms with E-state index in [1.54, 1.807) is 27.7 Å². The number of likely N-dealkylation sites (tertiary alicyclic amines) is 1. The third-order valence-electron chi connectivity index (χ3n) is 3.68. The Kier molecular flexibility index (Phi) is 6.08. The molecule has 1 rings (SSSR count). The average Bonchev–Trinajstić information content (AvgIpc) is 2.34. The van der Waals surface area contributed by atoms with Crippen molar-refractivity contribution < 1.29 is 23.6 Å². The van der Waals surface area contributed by atoms with Gasteiger partial charge in [-0.25, -0.2) is 4.79 Å². The Morgan fingerprint density at radius 3 is 2.25 bits per heavy atom. The Morgan fingerprint density at radius 1 is 1.25 bits per heavy atom. The summed E-state index contributed by atoms with van der Waals surface area (Å²) >= 11 is 0. The molecule has 0 aromatic rings. The number of carbonyl (C=O) groups excluding carboxylic acids is 3. The Labute approximate surface area is 144 Å². The Hall–Kier alpha value is -1.57. The van der Waals surface area contributed by atoms with Gasteiger partial charge in [-0.1, -0.05) is 20.8 Å². The molecule has 2 unspecified atom stereocenters. The first-order valence-electron chi connectivity index (χ1n) is 8.15. The molecule has 2 atom stereocenters. The van der Waals surface area contributed by atoms with Gasteiger partial charge in [0.25, 0.3) is 0 Å². The molecule has 0 aliphatic carbocycles. The van der Waals surface area contributed by atoms with Gasteiger partial charge in [0.15, 0.2) is 0 Å². The monoisotopic (exact) mass is 356 g/mol. The zero-order chi connectivity index (χ0) is 18.9. The van der Waals surface area contributed by atoms with Crippen molar-refractivity contribution >= 4 is 26.8 Å². The molecule has 0 spiro atoms. The van der Waals surface area contributed by atoms with Crippen LogP contribution in [0, 0.1) is 5.92 Å². The maximum Gasteiger partial charge on any atom is 0.424 e. The predicted octanol–water partition coefficient (Wildman–Crippen LogP) is 2.38. The van der Waals surface area contributed by atoms with Crippen LogP contribution in [0.3, 0.4) is 0 Å². The number of nitrogens with zero attached hydrogens (tertiary/aromatic N) is 1. The first kappa shape index (κ1) is 20.5. The number of nitrogens with one attached hydrogen (secondary N) is 1. The molecule has 0 saturated carbocycles. The van der Waals surface area contributed by atoms with Crippen molar-refractivity contribution in [3.8, 4) is 0 Å². The molecule has 0 aromatic heterocycles. The van der Waals surface area contributed by atoms with Gasteiger partial charge in [0.2, 0.25) is 11.8 Å². The van der Waals surface area contributed by atoms with Crippen molar-refractivity contribution in [1.82, 2.24) is 9.88 Å². The topological polar surface area (TPSA) is 92.8 Å². The van der Waals surface area contributed by atoms with Crippen LogP contribution in [0.4, 0.5) is 4.79 Å². The lowest BCUT2D eigenvalue weighted by Crippen LogP contribution is -2.55. The zero-order valence-electron chi connectivity index (χ0n) is 15.6. The highest BCUT2D eigenvalue weighted by Crippen LogP contribution is 2.26. The van der Waals surface area contributed by atoms with Crippen molar-refractivity contribution in [3.05, 3.63) is 0 Å². The highest BCUT2D eigenvalue weighted by atomic mass is 28.3. The summed E-state index contributed by atoms with van der Waals surface area (Å²) in [6, 6.07) is -0.402. The van der Waals surface area contributed by atoms with E-state index in [0.29, 0.717) is 11.3 Å². The minimum atomic E-state index is -2.13. The summed E-state index contributed by atoms with van der Waals surface area (Å²) in [4.78, 5) is 40.4. The standard InChI is InChI=1S/C16H28N2O5Si/c1-10(17-24(22)16(5,6)7)11-8-9-12(19)18(13(11)20)14(21)23-15(2,3)4/h10-11,17H,8-9H2,1-7H3. The van der Waals surface area contributed by atoms with Crippen molar-refractivity contribution in [1.29, 1.82) is 0 Å². The lowest BCUT2D eigenvalue weighted by Gasteiger charge is -2.34. The fraction of sp³-hybridized carbons (Fsp3) is 0.812. The molecule has 3 amide bonds. The molecule has 0 radical (unpaired) electrons. The van der Waals surface area contributed by atoms with E-state index in [-0.39, 0.29) is 6.42 Å². The van der Waals surface area contributed by atoms with Gasteiger partial charge in [-0.3, -0.25) is 9.59 Å². The van der Waals surface area contributed by atoms with E-state index in [1.807, 2.05) is 20.8 Å². The van der Waals surface area contributed by atoms with Gasteiger partial charge in [-0.05, 0) is 34.1 Å². The Balaban J connectivity index is 2.89. The van der Waals surface area contributed by atoms with Crippen LogP contribution in [0.1, 0.15) is 61.3 Å². The number of carbonyl (C=O) groups is 3. The quantitative estimate of drug-likeness (QED) is 0.616. The van der Waals surface area contributed by atoms with Crippen molar-refractivity contribution in [2.45, 2.75) is 78.0 Å². The maximum absolute atomic E-state index is 12.6. The normalized spacial score (nSPS) is 20.6. The molecular formula is C16H28N2O5Si. The van der Waals surface area contributed by atoms with E-state index in [9.17, 15) is 18.8 Å². The SMILES string of the molecule is CC(N[Si](=O)C(C)(C)C)C1CCC(=O)N(C(=O)OC(C)(C)C)C1=O. The number of ether oxygens (including phenoxy) is 1. The molecule has 7 nitrogen and oxygen atoms in total.